The van der Waals surface area contributed by atoms with Crippen molar-refractivity contribution in [3.8, 4) is 5.75 Å². The molecule has 5 heteroatoms. The number of aromatic nitrogens is 2. The van der Waals surface area contributed by atoms with Gasteiger partial charge in [0.1, 0.15) is 11.6 Å². The molecule has 5 nitrogen and oxygen atoms in total. The van der Waals surface area contributed by atoms with Gasteiger partial charge in [-0.15, -0.1) is 0 Å². The maximum absolute atomic E-state index is 12.3. The first kappa shape index (κ1) is 25.5. The highest BCUT2D eigenvalue weighted by molar-refractivity contribution is 5.78. The van der Waals surface area contributed by atoms with E-state index in [-0.39, 0.29) is 5.91 Å². The second-order valence-corrected chi connectivity index (χ2v) is 9.45. The third-order valence-corrected chi connectivity index (χ3v) is 6.56. The molecule has 4 aromatic rings. The lowest BCUT2D eigenvalue weighted by atomic mass is 10.1. The number of unbranched alkanes of at least 4 members (excludes halogenated alkanes) is 2. The second-order valence-electron chi connectivity index (χ2n) is 9.45. The molecule has 0 fully saturated rings. The summed E-state index contributed by atoms with van der Waals surface area (Å²) in [6, 6.07) is 24.6. The van der Waals surface area contributed by atoms with Crippen LogP contribution in [0.4, 0.5) is 0 Å². The van der Waals surface area contributed by atoms with E-state index in [1.165, 1.54) is 11.1 Å². The number of para-hydroxylation sites is 2. The minimum absolute atomic E-state index is 0.0962. The zero-order valence-electron chi connectivity index (χ0n) is 21.5. The van der Waals surface area contributed by atoms with E-state index in [0.717, 1.165) is 73.4 Å². The number of benzene rings is 3. The van der Waals surface area contributed by atoms with Crippen LogP contribution in [0.1, 0.15) is 48.2 Å². The lowest BCUT2D eigenvalue weighted by molar-refractivity contribution is -0.120. The number of fused-ring (bicyclic) bond motifs is 1. The molecule has 1 aromatic heterocycles. The van der Waals surface area contributed by atoms with Gasteiger partial charge in [0, 0.05) is 19.5 Å². The summed E-state index contributed by atoms with van der Waals surface area (Å²) in [5, 5.41) is 3.07. The highest BCUT2D eigenvalue weighted by Gasteiger charge is 2.10. The molecule has 0 atom stereocenters. The van der Waals surface area contributed by atoms with Gasteiger partial charge in [-0.3, -0.25) is 4.79 Å². The number of hydrogen-bond donors (Lipinski definition) is 1. The summed E-state index contributed by atoms with van der Waals surface area (Å²) in [6.07, 6.45) is 5.40. The Kier molecular flexibility index (Phi) is 9.15. The van der Waals surface area contributed by atoms with Crippen molar-refractivity contribution in [3.63, 3.8) is 0 Å². The largest absolute Gasteiger partial charge is 0.494 e. The van der Waals surface area contributed by atoms with Crippen molar-refractivity contribution in [3.05, 3.63) is 95.3 Å². The molecule has 4 rings (SSSR count). The topological polar surface area (TPSA) is 56.1 Å². The number of amides is 1. The third kappa shape index (κ3) is 7.20. The molecule has 3 aromatic carbocycles. The van der Waals surface area contributed by atoms with Crippen LogP contribution in [-0.4, -0.2) is 28.6 Å². The number of ether oxygens (including phenoxy) is 1. The first-order valence-corrected chi connectivity index (χ1v) is 13.0. The number of aryl methyl sites for hydroxylation is 4. The number of imidazole rings is 1. The standard InChI is InChI=1S/C31H37N3O2/c1-24-16-18-27(19-17-24)36-22-10-21-34-29-14-8-7-13-28(29)33-30(34)15-4-3-9-20-32-31(35)23-26-12-6-5-11-25(26)2/h5-8,11-14,16-19H,3-4,9-10,15,20-23H2,1-2H3,(H,32,35). The first-order valence-electron chi connectivity index (χ1n) is 13.0. The zero-order chi connectivity index (χ0) is 25.2. The van der Waals surface area contributed by atoms with Crippen LogP contribution in [0.2, 0.25) is 0 Å². The van der Waals surface area contributed by atoms with Crippen molar-refractivity contribution in [2.75, 3.05) is 13.2 Å². The summed E-state index contributed by atoms with van der Waals surface area (Å²) in [4.78, 5) is 17.2. The molecule has 1 heterocycles. The number of hydrogen-bond acceptors (Lipinski definition) is 3. The molecule has 0 bridgehead atoms. The molecule has 1 N–H and O–H groups in total. The number of carbonyl (C=O) groups is 1. The van der Waals surface area contributed by atoms with Crippen LogP contribution < -0.4 is 10.1 Å². The smallest absolute Gasteiger partial charge is 0.224 e. The van der Waals surface area contributed by atoms with Gasteiger partial charge < -0.3 is 14.6 Å². The fraction of sp³-hybridized carbons (Fsp3) is 0.355. The van der Waals surface area contributed by atoms with Crippen molar-refractivity contribution >= 4 is 16.9 Å². The quantitative estimate of drug-likeness (QED) is 0.231. The van der Waals surface area contributed by atoms with Gasteiger partial charge in [0.25, 0.3) is 0 Å². The van der Waals surface area contributed by atoms with Crippen LogP contribution in [-0.2, 0) is 24.2 Å². The van der Waals surface area contributed by atoms with Crippen molar-refractivity contribution in [2.24, 2.45) is 0 Å². The summed E-state index contributed by atoms with van der Waals surface area (Å²) in [5.41, 5.74) is 5.73. The van der Waals surface area contributed by atoms with Gasteiger partial charge in [-0.25, -0.2) is 4.98 Å². The van der Waals surface area contributed by atoms with E-state index in [1.807, 2.05) is 49.4 Å². The second kappa shape index (κ2) is 12.9. The fourth-order valence-corrected chi connectivity index (χ4v) is 4.47. The van der Waals surface area contributed by atoms with Crippen molar-refractivity contribution in [1.29, 1.82) is 0 Å². The van der Waals surface area contributed by atoms with Gasteiger partial charge in [-0.05, 0) is 68.5 Å². The summed E-state index contributed by atoms with van der Waals surface area (Å²) in [6.45, 7) is 6.41. The Balaban J connectivity index is 1.21. The van der Waals surface area contributed by atoms with E-state index in [4.69, 9.17) is 9.72 Å². The molecule has 0 saturated carbocycles. The third-order valence-electron chi connectivity index (χ3n) is 6.56. The Labute approximate surface area is 214 Å². The van der Waals surface area contributed by atoms with Gasteiger partial charge in [0.2, 0.25) is 5.91 Å². The molecule has 0 radical (unpaired) electrons. The highest BCUT2D eigenvalue weighted by Crippen LogP contribution is 2.19. The normalized spacial score (nSPS) is 11.1. The van der Waals surface area contributed by atoms with Crippen molar-refractivity contribution < 1.29 is 9.53 Å². The van der Waals surface area contributed by atoms with Crippen LogP contribution >= 0.6 is 0 Å². The maximum atomic E-state index is 12.3. The van der Waals surface area contributed by atoms with E-state index in [0.29, 0.717) is 13.0 Å². The maximum Gasteiger partial charge on any atom is 0.224 e. The van der Waals surface area contributed by atoms with Gasteiger partial charge in [0.05, 0.1) is 24.1 Å². The molecule has 1 amide bonds. The minimum atomic E-state index is 0.0962. The molecular formula is C31H37N3O2. The molecule has 0 unspecified atom stereocenters. The lowest BCUT2D eigenvalue weighted by Gasteiger charge is -2.11. The monoisotopic (exact) mass is 483 g/mol. The zero-order valence-corrected chi connectivity index (χ0v) is 21.5. The highest BCUT2D eigenvalue weighted by atomic mass is 16.5. The SMILES string of the molecule is Cc1ccc(OCCCn2c(CCCCCNC(=O)Cc3ccccc3C)nc3ccccc32)cc1. The molecule has 0 spiro atoms. The Morgan fingerprint density at radius 3 is 2.50 bits per heavy atom. The van der Waals surface area contributed by atoms with E-state index >= 15 is 0 Å². The molecule has 0 saturated heterocycles. The number of carbonyl (C=O) groups excluding carboxylic acids is 1. The first-order chi connectivity index (χ1) is 17.6. The van der Waals surface area contributed by atoms with Crippen LogP contribution in [0, 0.1) is 13.8 Å². The summed E-state index contributed by atoms with van der Waals surface area (Å²) >= 11 is 0. The summed E-state index contributed by atoms with van der Waals surface area (Å²) in [7, 11) is 0. The summed E-state index contributed by atoms with van der Waals surface area (Å²) < 4.78 is 8.28. The Morgan fingerprint density at radius 2 is 1.67 bits per heavy atom. The van der Waals surface area contributed by atoms with E-state index in [1.54, 1.807) is 0 Å². The van der Waals surface area contributed by atoms with E-state index in [2.05, 4.69) is 47.1 Å². The summed E-state index contributed by atoms with van der Waals surface area (Å²) in [5.74, 6) is 2.15. The van der Waals surface area contributed by atoms with Gasteiger partial charge in [0.15, 0.2) is 0 Å². The predicted molar refractivity (Wildman–Crippen MR) is 146 cm³/mol. The van der Waals surface area contributed by atoms with Crippen LogP contribution in [0.5, 0.6) is 5.75 Å². The van der Waals surface area contributed by atoms with E-state index < -0.39 is 0 Å². The molecular weight excluding hydrogens is 446 g/mol. The van der Waals surface area contributed by atoms with Crippen LogP contribution in [0.25, 0.3) is 11.0 Å². The van der Waals surface area contributed by atoms with E-state index in [9.17, 15) is 4.79 Å². The van der Waals surface area contributed by atoms with Crippen molar-refractivity contribution in [1.82, 2.24) is 14.9 Å². The predicted octanol–water partition coefficient (Wildman–Crippen LogP) is 6.19. The molecule has 188 valence electrons. The van der Waals surface area contributed by atoms with Gasteiger partial charge >= 0.3 is 0 Å². The molecule has 36 heavy (non-hydrogen) atoms. The fourth-order valence-electron chi connectivity index (χ4n) is 4.47. The van der Waals surface area contributed by atoms with Crippen LogP contribution in [0.15, 0.2) is 72.8 Å². The van der Waals surface area contributed by atoms with Gasteiger partial charge in [-0.2, -0.15) is 0 Å². The molecule has 0 aliphatic heterocycles. The lowest BCUT2D eigenvalue weighted by Crippen LogP contribution is -2.26. The average molecular weight is 484 g/mol. The van der Waals surface area contributed by atoms with Gasteiger partial charge in [-0.1, -0.05) is 60.5 Å². The van der Waals surface area contributed by atoms with Crippen molar-refractivity contribution in [2.45, 2.75) is 58.9 Å². The average Bonchev–Trinajstić information content (AvgIpc) is 3.23. The van der Waals surface area contributed by atoms with Crippen LogP contribution in [0.3, 0.4) is 0 Å². The Bertz CT molecular complexity index is 1260. The minimum Gasteiger partial charge on any atom is -0.494 e. The number of rotatable bonds is 13. The number of nitrogens with zero attached hydrogens (tertiary/aromatic N) is 2. The number of nitrogens with one attached hydrogen (secondary N) is 1. The molecule has 0 aliphatic rings. The molecule has 0 aliphatic carbocycles. The Morgan fingerprint density at radius 1 is 0.889 bits per heavy atom. The Hall–Kier alpha value is -3.60.